The van der Waals surface area contributed by atoms with E-state index in [2.05, 4.69) is 17.2 Å². The molecule has 0 spiro atoms. The fraction of sp³-hybridized carbons (Fsp3) is 0.600. The molecule has 1 saturated carbocycles. The number of aromatic nitrogens is 1. The van der Waals surface area contributed by atoms with Gasteiger partial charge in [-0.25, -0.2) is 9.78 Å². The number of carboxylic acids is 1. The zero-order valence-electron chi connectivity index (χ0n) is 11.9. The van der Waals surface area contributed by atoms with Gasteiger partial charge in [0, 0.05) is 6.54 Å². The van der Waals surface area contributed by atoms with Crippen LogP contribution in [0.4, 0.5) is 11.5 Å². The Kier molecular flexibility index (Phi) is 4.82. The molecule has 2 rings (SSSR count). The van der Waals surface area contributed by atoms with Gasteiger partial charge in [0.05, 0.1) is 5.69 Å². The topological polar surface area (TPSA) is 88.2 Å². The Morgan fingerprint density at radius 3 is 3.00 bits per heavy atom. The fourth-order valence-electron chi connectivity index (χ4n) is 2.95. The molecule has 5 heteroatoms. The monoisotopic (exact) mass is 277 g/mol. The maximum Gasteiger partial charge on any atom is 0.354 e. The van der Waals surface area contributed by atoms with Gasteiger partial charge in [-0.2, -0.15) is 0 Å². The van der Waals surface area contributed by atoms with Gasteiger partial charge in [0.2, 0.25) is 0 Å². The standard InChI is InChI=1S/C15H23N3O2/c1-10-3-2-4-11(9-10)7-8-17-14-12(16)5-6-13(18-14)15(19)20/h5-6,10-11H,2-4,7-9,16H2,1H3,(H,17,18)(H,19,20). The first kappa shape index (κ1) is 14.6. The molecule has 0 saturated heterocycles. The lowest BCUT2D eigenvalue weighted by Crippen LogP contribution is -2.17. The first-order chi connectivity index (χ1) is 9.56. The largest absolute Gasteiger partial charge is 0.477 e. The van der Waals surface area contributed by atoms with Crippen molar-refractivity contribution in [3.8, 4) is 0 Å². The van der Waals surface area contributed by atoms with Crippen LogP contribution >= 0.6 is 0 Å². The van der Waals surface area contributed by atoms with Crippen LogP contribution in [0.5, 0.6) is 0 Å². The molecule has 1 aromatic rings. The molecular weight excluding hydrogens is 254 g/mol. The third-order valence-electron chi connectivity index (χ3n) is 4.04. The zero-order valence-corrected chi connectivity index (χ0v) is 11.9. The normalized spacial score (nSPS) is 22.4. The number of nitrogens with two attached hydrogens (primary N) is 1. The molecule has 0 amide bonds. The van der Waals surface area contributed by atoms with E-state index in [9.17, 15) is 4.79 Å². The predicted octanol–water partition coefficient (Wildman–Crippen LogP) is 2.99. The molecule has 2 unspecified atom stereocenters. The molecule has 0 aliphatic heterocycles. The summed E-state index contributed by atoms with van der Waals surface area (Å²) in [5, 5.41) is 12.1. The van der Waals surface area contributed by atoms with Crippen molar-refractivity contribution in [3.63, 3.8) is 0 Å². The third-order valence-corrected chi connectivity index (χ3v) is 4.04. The molecular formula is C15H23N3O2. The highest BCUT2D eigenvalue weighted by Gasteiger charge is 2.18. The summed E-state index contributed by atoms with van der Waals surface area (Å²) in [6.45, 7) is 3.10. The van der Waals surface area contributed by atoms with Crippen molar-refractivity contribution in [2.24, 2.45) is 11.8 Å². The second-order valence-corrected chi connectivity index (χ2v) is 5.79. The molecule has 0 bridgehead atoms. The highest BCUT2D eigenvalue weighted by Crippen LogP contribution is 2.30. The van der Waals surface area contributed by atoms with E-state index in [4.69, 9.17) is 10.8 Å². The van der Waals surface area contributed by atoms with E-state index in [1.165, 1.54) is 31.7 Å². The molecule has 1 fully saturated rings. The number of hydrogen-bond donors (Lipinski definition) is 3. The van der Waals surface area contributed by atoms with Gasteiger partial charge in [-0.15, -0.1) is 0 Å². The molecule has 1 aliphatic carbocycles. The molecule has 4 N–H and O–H groups in total. The minimum absolute atomic E-state index is 0.0213. The fourth-order valence-corrected chi connectivity index (χ4v) is 2.95. The van der Waals surface area contributed by atoms with E-state index in [1.54, 1.807) is 6.07 Å². The lowest BCUT2D eigenvalue weighted by Gasteiger charge is -2.26. The van der Waals surface area contributed by atoms with Gasteiger partial charge in [0.25, 0.3) is 0 Å². The maximum absolute atomic E-state index is 10.9. The highest BCUT2D eigenvalue weighted by molar-refractivity contribution is 5.86. The van der Waals surface area contributed by atoms with Crippen LogP contribution in [-0.4, -0.2) is 22.6 Å². The quantitative estimate of drug-likeness (QED) is 0.770. The van der Waals surface area contributed by atoms with Crippen LogP contribution in [-0.2, 0) is 0 Å². The average molecular weight is 277 g/mol. The van der Waals surface area contributed by atoms with E-state index >= 15 is 0 Å². The van der Waals surface area contributed by atoms with Crippen LogP contribution < -0.4 is 11.1 Å². The zero-order chi connectivity index (χ0) is 14.5. The van der Waals surface area contributed by atoms with E-state index in [0.717, 1.165) is 24.8 Å². The summed E-state index contributed by atoms with van der Waals surface area (Å²) in [7, 11) is 0. The van der Waals surface area contributed by atoms with Crippen LogP contribution in [0.15, 0.2) is 12.1 Å². The van der Waals surface area contributed by atoms with E-state index in [0.29, 0.717) is 11.5 Å². The lowest BCUT2D eigenvalue weighted by atomic mass is 9.81. The van der Waals surface area contributed by atoms with Gasteiger partial charge in [-0.3, -0.25) is 0 Å². The number of nitrogen functional groups attached to an aromatic ring is 1. The first-order valence-electron chi connectivity index (χ1n) is 7.30. The van der Waals surface area contributed by atoms with Crippen LogP contribution in [0.3, 0.4) is 0 Å². The highest BCUT2D eigenvalue weighted by atomic mass is 16.4. The molecule has 110 valence electrons. The SMILES string of the molecule is CC1CCCC(CCNc2nc(C(=O)O)ccc2N)C1. The van der Waals surface area contributed by atoms with E-state index in [1.807, 2.05) is 0 Å². The molecule has 2 atom stereocenters. The summed E-state index contributed by atoms with van der Waals surface area (Å²) in [5.74, 6) is 1.03. The van der Waals surface area contributed by atoms with E-state index in [-0.39, 0.29) is 5.69 Å². The molecule has 20 heavy (non-hydrogen) atoms. The second-order valence-electron chi connectivity index (χ2n) is 5.79. The summed E-state index contributed by atoms with van der Waals surface area (Å²) in [5.41, 5.74) is 6.33. The number of nitrogens with one attached hydrogen (secondary N) is 1. The Hall–Kier alpha value is -1.78. The Bertz CT molecular complexity index is 476. The Morgan fingerprint density at radius 1 is 1.50 bits per heavy atom. The minimum atomic E-state index is -1.03. The Labute approximate surface area is 119 Å². The summed E-state index contributed by atoms with van der Waals surface area (Å²) in [4.78, 5) is 14.9. The van der Waals surface area contributed by atoms with Gasteiger partial charge < -0.3 is 16.2 Å². The molecule has 5 nitrogen and oxygen atoms in total. The van der Waals surface area contributed by atoms with Gasteiger partial charge >= 0.3 is 5.97 Å². The third kappa shape index (κ3) is 3.85. The van der Waals surface area contributed by atoms with Crippen LogP contribution in [0.2, 0.25) is 0 Å². The number of carboxylic acid groups (broad SMARTS) is 1. The summed E-state index contributed by atoms with van der Waals surface area (Å²) in [6, 6.07) is 3.01. The van der Waals surface area contributed by atoms with Crippen LogP contribution in [0.1, 0.15) is 49.5 Å². The van der Waals surface area contributed by atoms with Crippen LogP contribution in [0.25, 0.3) is 0 Å². The number of aromatic carboxylic acids is 1. The van der Waals surface area contributed by atoms with Crippen molar-refractivity contribution in [1.82, 2.24) is 4.98 Å². The van der Waals surface area contributed by atoms with Crippen LogP contribution in [0, 0.1) is 11.8 Å². The van der Waals surface area contributed by atoms with Gasteiger partial charge in [-0.1, -0.05) is 26.2 Å². The van der Waals surface area contributed by atoms with Gasteiger partial charge in [0.15, 0.2) is 5.69 Å². The smallest absolute Gasteiger partial charge is 0.354 e. The number of anilines is 2. The predicted molar refractivity (Wildman–Crippen MR) is 79.8 cm³/mol. The summed E-state index contributed by atoms with van der Waals surface area (Å²) >= 11 is 0. The molecule has 1 aliphatic rings. The molecule has 0 radical (unpaired) electrons. The van der Waals surface area contributed by atoms with Crippen molar-refractivity contribution in [3.05, 3.63) is 17.8 Å². The number of carbonyl (C=O) groups is 1. The number of pyridine rings is 1. The summed E-state index contributed by atoms with van der Waals surface area (Å²) in [6.07, 6.45) is 6.34. The van der Waals surface area contributed by atoms with Gasteiger partial charge in [0.1, 0.15) is 5.82 Å². The van der Waals surface area contributed by atoms with Crippen molar-refractivity contribution in [2.75, 3.05) is 17.6 Å². The second kappa shape index (κ2) is 6.59. The minimum Gasteiger partial charge on any atom is -0.477 e. The number of rotatable bonds is 5. The lowest BCUT2D eigenvalue weighted by molar-refractivity contribution is 0.0690. The molecule has 1 aromatic heterocycles. The maximum atomic E-state index is 10.9. The number of hydrogen-bond acceptors (Lipinski definition) is 4. The Balaban J connectivity index is 1.87. The summed E-state index contributed by atoms with van der Waals surface area (Å²) < 4.78 is 0. The average Bonchev–Trinajstić information content (AvgIpc) is 2.40. The van der Waals surface area contributed by atoms with Gasteiger partial charge in [-0.05, 0) is 36.8 Å². The van der Waals surface area contributed by atoms with Crippen molar-refractivity contribution in [2.45, 2.75) is 39.0 Å². The Morgan fingerprint density at radius 2 is 2.30 bits per heavy atom. The molecule has 1 heterocycles. The van der Waals surface area contributed by atoms with Crippen molar-refractivity contribution in [1.29, 1.82) is 0 Å². The van der Waals surface area contributed by atoms with Crippen molar-refractivity contribution < 1.29 is 9.90 Å². The van der Waals surface area contributed by atoms with E-state index < -0.39 is 5.97 Å². The van der Waals surface area contributed by atoms with Crippen molar-refractivity contribution >= 4 is 17.5 Å². The number of nitrogens with zero attached hydrogens (tertiary/aromatic N) is 1. The first-order valence-corrected chi connectivity index (χ1v) is 7.30. The molecule has 0 aromatic carbocycles.